The Labute approximate surface area is 122 Å². The predicted molar refractivity (Wildman–Crippen MR) is 79.3 cm³/mol. The van der Waals surface area contributed by atoms with Crippen molar-refractivity contribution >= 4 is 31.6 Å². The summed E-state index contributed by atoms with van der Waals surface area (Å²) < 4.78 is 28.0. The number of hydrogen-bond donors (Lipinski definition) is 3. The lowest BCUT2D eigenvalue weighted by Gasteiger charge is -2.28. The molecular weight excluding hydrogens is 332 g/mol. The van der Waals surface area contributed by atoms with Crippen LogP contribution in [0.2, 0.25) is 0 Å². The van der Waals surface area contributed by atoms with E-state index in [0.717, 1.165) is 4.47 Å². The van der Waals surface area contributed by atoms with Crippen molar-refractivity contribution in [2.24, 2.45) is 0 Å². The lowest BCUT2D eigenvalue weighted by molar-refractivity contribution is 0.233. The Morgan fingerprint density at radius 3 is 2.58 bits per heavy atom. The van der Waals surface area contributed by atoms with Crippen molar-refractivity contribution in [2.45, 2.75) is 37.1 Å². The number of nitrogen functional groups attached to an aromatic ring is 1. The van der Waals surface area contributed by atoms with Crippen molar-refractivity contribution in [1.29, 1.82) is 0 Å². The maximum Gasteiger partial charge on any atom is 0.243 e. The monoisotopic (exact) mass is 350 g/mol. The number of halogens is 1. The first-order valence-electron chi connectivity index (χ1n) is 5.94. The second kappa shape index (κ2) is 6.21. The average molecular weight is 351 g/mol. The fraction of sp³-hybridized carbons (Fsp3) is 0.500. The first kappa shape index (κ1) is 16.4. The zero-order valence-electron chi connectivity index (χ0n) is 11.0. The third-order valence-corrected chi connectivity index (χ3v) is 5.29. The molecule has 108 valence electrons. The van der Waals surface area contributed by atoms with Gasteiger partial charge in [0.25, 0.3) is 0 Å². The van der Waals surface area contributed by atoms with E-state index in [0.29, 0.717) is 12.8 Å². The van der Waals surface area contributed by atoms with Gasteiger partial charge in [0.15, 0.2) is 0 Å². The van der Waals surface area contributed by atoms with Crippen molar-refractivity contribution in [1.82, 2.24) is 4.72 Å². The van der Waals surface area contributed by atoms with E-state index >= 15 is 0 Å². The van der Waals surface area contributed by atoms with Gasteiger partial charge in [-0.05, 0) is 38.0 Å². The van der Waals surface area contributed by atoms with Crippen LogP contribution in [0.25, 0.3) is 0 Å². The van der Waals surface area contributed by atoms with Crippen LogP contribution in [0.5, 0.6) is 0 Å². The Morgan fingerprint density at radius 2 is 2.11 bits per heavy atom. The fourth-order valence-electron chi connectivity index (χ4n) is 1.69. The number of nitrogens with one attached hydrogen (secondary N) is 1. The number of anilines is 1. The molecule has 0 aromatic heterocycles. The van der Waals surface area contributed by atoms with Gasteiger partial charge in [0, 0.05) is 16.6 Å². The molecule has 0 aliphatic rings. The van der Waals surface area contributed by atoms with E-state index < -0.39 is 15.6 Å². The van der Waals surface area contributed by atoms with Gasteiger partial charge in [0.1, 0.15) is 4.90 Å². The Balaban J connectivity index is 3.10. The second-order valence-electron chi connectivity index (χ2n) is 4.68. The maximum absolute atomic E-state index is 12.3. The van der Waals surface area contributed by atoms with E-state index in [1.807, 2.05) is 6.92 Å². The minimum absolute atomic E-state index is 0.0494. The van der Waals surface area contributed by atoms with Gasteiger partial charge in [-0.15, -0.1) is 0 Å². The molecule has 1 aromatic carbocycles. The topological polar surface area (TPSA) is 92.4 Å². The molecule has 1 atom stereocenters. The molecule has 1 rings (SSSR count). The Hall–Kier alpha value is -0.630. The van der Waals surface area contributed by atoms with Crippen molar-refractivity contribution in [3.05, 3.63) is 22.7 Å². The molecule has 0 amide bonds. The smallest absolute Gasteiger partial charge is 0.243 e. The molecule has 0 saturated heterocycles. The van der Waals surface area contributed by atoms with E-state index in [1.165, 1.54) is 6.07 Å². The lowest BCUT2D eigenvalue weighted by atomic mass is 9.97. The molecule has 4 N–H and O–H groups in total. The van der Waals surface area contributed by atoms with E-state index in [4.69, 9.17) is 10.8 Å². The Morgan fingerprint density at radius 1 is 1.47 bits per heavy atom. The summed E-state index contributed by atoms with van der Waals surface area (Å²) in [6, 6.07) is 4.63. The third-order valence-electron chi connectivity index (χ3n) is 3.09. The third kappa shape index (κ3) is 4.17. The van der Waals surface area contributed by atoms with Crippen molar-refractivity contribution in [2.75, 3.05) is 12.3 Å². The number of hydrogen-bond acceptors (Lipinski definition) is 4. The van der Waals surface area contributed by atoms with Gasteiger partial charge in [-0.2, -0.15) is 0 Å². The van der Waals surface area contributed by atoms with Gasteiger partial charge >= 0.3 is 0 Å². The largest absolute Gasteiger partial charge is 0.398 e. The minimum atomic E-state index is -3.71. The molecule has 1 unspecified atom stereocenters. The summed E-state index contributed by atoms with van der Waals surface area (Å²) in [5.74, 6) is 0. The molecular formula is C12H19BrN2O3S. The molecule has 0 aliphatic heterocycles. The van der Waals surface area contributed by atoms with Crippen LogP contribution >= 0.6 is 15.9 Å². The van der Waals surface area contributed by atoms with Crippen molar-refractivity contribution < 1.29 is 13.5 Å². The quantitative estimate of drug-likeness (QED) is 0.682. The molecule has 0 bridgehead atoms. The molecule has 19 heavy (non-hydrogen) atoms. The van der Waals surface area contributed by atoms with Crippen molar-refractivity contribution in [3.63, 3.8) is 0 Å². The zero-order chi connectivity index (χ0) is 14.7. The minimum Gasteiger partial charge on any atom is -0.398 e. The summed E-state index contributed by atoms with van der Waals surface area (Å²) in [7, 11) is -3.71. The number of rotatable bonds is 6. The predicted octanol–water partition coefficient (Wildman–Crippen LogP) is 1.86. The van der Waals surface area contributed by atoms with Gasteiger partial charge in [0.2, 0.25) is 10.0 Å². The highest BCUT2D eigenvalue weighted by Crippen LogP contribution is 2.25. The van der Waals surface area contributed by atoms with E-state index in [1.54, 1.807) is 19.1 Å². The Kier molecular flexibility index (Phi) is 5.37. The molecule has 0 aliphatic carbocycles. The fourth-order valence-corrected chi connectivity index (χ4v) is 3.69. The molecule has 1 aromatic rings. The van der Waals surface area contributed by atoms with Crippen LogP contribution in [-0.4, -0.2) is 25.7 Å². The molecule has 0 saturated carbocycles. The zero-order valence-corrected chi connectivity index (χ0v) is 13.4. The normalized spacial score (nSPS) is 15.2. The summed E-state index contributed by atoms with van der Waals surface area (Å²) in [4.78, 5) is 0.0494. The molecule has 0 spiro atoms. The first-order chi connectivity index (χ1) is 8.74. The van der Waals surface area contributed by atoms with Crippen LogP contribution in [0.1, 0.15) is 26.7 Å². The summed E-state index contributed by atoms with van der Waals surface area (Å²) in [5.41, 5.74) is 5.24. The number of sulfonamides is 1. The van der Waals surface area contributed by atoms with Gasteiger partial charge in [-0.25, -0.2) is 13.1 Å². The first-order valence-corrected chi connectivity index (χ1v) is 8.21. The van der Waals surface area contributed by atoms with Crippen LogP contribution in [0, 0.1) is 0 Å². The summed E-state index contributed by atoms with van der Waals surface area (Å²) in [6.45, 7) is 3.54. The van der Waals surface area contributed by atoms with Gasteiger partial charge in [-0.3, -0.25) is 0 Å². The highest BCUT2D eigenvalue weighted by Gasteiger charge is 2.29. The van der Waals surface area contributed by atoms with Crippen molar-refractivity contribution in [3.8, 4) is 0 Å². The van der Waals surface area contributed by atoms with E-state index in [9.17, 15) is 8.42 Å². The van der Waals surface area contributed by atoms with E-state index in [-0.39, 0.29) is 17.2 Å². The van der Waals surface area contributed by atoms with Crippen LogP contribution in [0.15, 0.2) is 27.6 Å². The van der Waals surface area contributed by atoms with Gasteiger partial charge < -0.3 is 10.8 Å². The van der Waals surface area contributed by atoms with Crippen LogP contribution in [-0.2, 0) is 10.0 Å². The van der Waals surface area contributed by atoms with Crippen LogP contribution in [0.4, 0.5) is 5.69 Å². The molecule has 0 heterocycles. The molecule has 0 radical (unpaired) electrons. The standard InChI is InChI=1S/C12H19BrN2O3S/c1-3-12(2,6-7-16)15-19(17,18)11-5-4-9(13)8-10(11)14/h4-5,8,15-16H,3,6-7,14H2,1-2H3. The maximum atomic E-state index is 12.3. The summed E-state index contributed by atoms with van der Waals surface area (Å²) in [5, 5.41) is 9.03. The second-order valence-corrected chi connectivity index (χ2v) is 7.24. The van der Waals surface area contributed by atoms with Crippen LogP contribution in [0.3, 0.4) is 0 Å². The number of benzene rings is 1. The molecule has 7 heteroatoms. The number of aliphatic hydroxyl groups excluding tert-OH is 1. The number of nitrogens with two attached hydrogens (primary N) is 1. The summed E-state index contributed by atoms with van der Waals surface area (Å²) in [6.07, 6.45) is 0.919. The van der Waals surface area contributed by atoms with Gasteiger partial charge in [-0.1, -0.05) is 22.9 Å². The Bertz CT molecular complexity index is 548. The SMILES string of the molecule is CCC(C)(CCO)NS(=O)(=O)c1ccc(Br)cc1N. The molecule has 0 fully saturated rings. The number of aliphatic hydroxyl groups is 1. The highest BCUT2D eigenvalue weighted by molar-refractivity contribution is 9.10. The van der Waals surface area contributed by atoms with Crippen LogP contribution < -0.4 is 10.5 Å². The van der Waals surface area contributed by atoms with E-state index in [2.05, 4.69) is 20.7 Å². The van der Waals surface area contributed by atoms with Gasteiger partial charge in [0.05, 0.1) is 5.69 Å². The average Bonchev–Trinajstić information content (AvgIpc) is 2.27. The summed E-state index contributed by atoms with van der Waals surface area (Å²) >= 11 is 3.23. The lowest BCUT2D eigenvalue weighted by Crippen LogP contribution is -2.46. The highest BCUT2D eigenvalue weighted by atomic mass is 79.9. The molecule has 5 nitrogen and oxygen atoms in total.